The van der Waals surface area contributed by atoms with Gasteiger partial charge in [0.1, 0.15) is 11.0 Å². The zero-order valence-corrected chi connectivity index (χ0v) is 11.6. The molecule has 0 spiro atoms. The smallest absolute Gasteiger partial charge is 0.255 e. The lowest BCUT2D eigenvalue weighted by molar-refractivity contribution is 0.102. The number of pyridine rings is 1. The summed E-state index contributed by atoms with van der Waals surface area (Å²) in [6.07, 6.45) is 0. The molecule has 2 rings (SSSR count). The Hall–Kier alpha value is -1.78. The largest absolute Gasteiger partial charge is 0.384 e. The van der Waals surface area contributed by atoms with E-state index in [9.17, 15) is 4.79 Å². The van der Waals surface area contributed by atoms with Crippen LogP contribution in [0.5, 0.6) is 0 Å². The normalized spacial score (nSPS) is 10.3. The number of hydrogen-bond donors (Lipinski definition) is 2. The highest BCUT2D eigenvalue weighted by Crippen LogP contribution is 2.23. The molecule has 1 aromatic carbocycles. The molecule has 0 aliphatic rings. The molecule has 0 saturated carbocycles. The van der Waals surface area contributed by atoms with Crippen molar-refractivity contribution in [3.63, 3.8) is 0 Å². The molecule has 3 N–H and O–H groups in total. The van der Waals surface area contributed by atoms with E-state index in [2.05, 4.69) is 10.3 Å². The first kappa shape index (κ1) is 13.6. The summed E-state index contributed by atoms with van der Waals surface area (Å²) in [7, 11) is 0. The van der Waals surface area contributed by atoms with E-state index in [4.69, 9.17) is 28.9 Å². The highest BCUT2D eigenvalue weighted by Gasteiger charge is 2.11. The maximum Gasteiger partial charge on any atom is 0.255 e. The van der Waals surface area contributed by atoms with E-state index in [0.717, 1.165) is 5.56 Å². The quantitative estimate of drug-likeness (QED) is 0.833. The minimum absolute atomic E-state index is 0.174. The Morgan fingerprint density at radius 2 is 2.05 bits per heavy atom. The molecule has 1 heterocycles. The molecular formula is C13H11Cl2N3O. The fourth-order valence-corrected chi connectivity index (χ4v) is 1.98. The fourth-order valence-electron chi connectivity index (χ4n) is 1.59. The lowest BCUT2D eigenvalue weighted by Gasteiger charge is -2.09. The van der Waals surface area contributed by atoms with Crippen LogP contribution in [0.2, 0.25) is 10.2 Å². The second-order valence-corrected chi connectivity index (χ2v) is 4.76. The number of carbonyl (C=O) groups is 1. The standard InChI is InChI=1S/C13H11Cl2N3O/c1-7-9(14)3-2-4-10(7)17-13(19)8-5-11(15)18-12(16)6-8/h2-6H,1H3,(H2,16,18)(H,17,19). The van der Waals surface area contributed by atoms with Gasteiger partial charge in [-0.3, -0.25) is 4.79 Å². The molecular weight excluding hydrogens is 285 g/mol. The van der Waals surface area contributed by atoms with Gasteiger partial charge in [-0.05, 0) is 36.8 Å². The van der Waals surface area contributed by atoms with Crippen LogP contribution in [0, 0.1) is 6.92 Å². The van der Waals surface area contributed by atoms with Gasteiger partial charge >= 0.3 is 0 Å². The zero-order valence-electron chi connectivity index (χ0n) is 10.1. The number of benzene rings is 1. The van der Waals surface area contributed by atoms with Gasteiger partial charge in [-0.25, -0.2) is 4.98 Å². The van der Waals surface area contributed by atoms with Crippen LogP contribution in [0.1, 0.15) is 15.9 Å². The van der Waals surface area contributed by atoms with Crippen molar-refractivity contribution in [3.05, 3.63) is 51.6 Å². The van der Waals surface area contributed by atoms with Gasteiger partial charge in [0.25, 0.3) is 5.91 Å². The molecule has 1 aromatic heterocycles. The monoisotopic (exact) mass is 295 g/mol. The van der Waals surface area contributed by atoms with Gasteiger partial charge in [-0.2, -0.15) is 0 Å². The number of nitrogen functional groups attached to an aromatic ring is 1. The average Bonchev–Trinajstić information content (AvgIpc) is 2.33. The van der Waals surface area contributed by atoms with Gasteiger partial charge in [-0.1, -0.05) is 29.3 Å². The Morgan fingerprint density at radius 1 is 1.32 bits per heavy atom. The molecule has 6 heteroatoms. The predicted octanol–water partition coefficient (Wildman–Crippen LogP) is 3.53. The topological polar surface area (TPSA) is 68.0 Å². The average molecular weight is 296 g/mol. The summed E-state index contributed by atoms with van der Waals surface area (Å²) in [6, 6.07) is 8.20. The van der Waals surface area contributed by atoms with Crippen molar-refractivity contribution < 1.29 is 4.79 Å². The third-order valence-corrected chi connectivity index (χ3v) is 3.20. The number of rotatable bonds is 2. The minimum atomic E-state index is -0.318. The molecule has 0 aliphatic carbocycles. The molecule has 4 nitrogen and oxygen atoms in total. The van der Waals surface area contributed by atoms with Crippen molar-refractivity contribution in [1.29, 1.82) is 0 Å². The Kier molecular flexibility index (Phi) is 3.93. The number of nitrogens with two attached hydrogens (primary N) is 1. The molecule has 2 aromatic rings. The third-order valence-electron chi connectivity index (χ3n) is 2.59. The second kappa shape index (κ2) is 5.47. The predicted molar refractivity (Wildman–Crippen MR) is 77.8 cm³/mol. The summed E-state index contributed by atoms with van der Waals surface area (Å²) >= 11 is 11.8. The number of hydrogen-bond acceptors (Lipinski definition) is 3. The molecule has 0 saturated heterocycles. The number of carbonyl (C=O) groups excluding carboxylic acids is 1. The molecule has 19 heavy (non-hydrogen) atoms. The molecule has 0 atom stereocenters. The minimum Gasteiger partial charge on any atom is -0.384 e. The summed E-state index contributed by atoms with van der Waals surface area (Å²) in [5, 5.41) is 3.52. The van der Waals surface area contributed by atoms with Crippen LogP contribution in [0.3, 0.4) is 0 Å². The van der Waals surface area contributed by atoms with Crippen molar-refractivity contribution in [3.8, 4) is 0 Å². The summed E-state index contributed by atoms with van der Waals surface area (Å²) < 4.78 is 0. The summed E-state index contributed by atoms with van der Waals surface area (Å²) in [5.74, 6) is -0.123. The molecule has 0 aliphatic heterocycles. The van der Waals surface area contributed by atoms with Crippen LogP contribution in [0.25, 0.3) is 0 Å². The van der Waals surface area contributed by atoms with Gasteiger partial charge in [0, 0.05) is 16.3 Å². The van der Waals surface area contributed by atoms with E-state index in [0.29, 0.717) is 16.3 Å². The van der Waals surface area contributed by atoms with E-state index in [1.807, 2.05) is 6.92 Å². The first-order chi connectivity index (χ1) is 8.97. The summed E-state index contributed by atoms with van der Waals surface area (Å²) in [4.78, 5) is 15.9. The van der Waals surface area contributed by atoms with Crippen molar-refractivity contribution in [2.75, 3.05) is 11.1 Å². The Bertz CT molecular complexity index is 624. The van der Waals surface area contributed by atoms with Gasteiger partial charge in [0.2, 0.25) is 0 Å². The number of nitrogens with zero attached hydrogens (tertiary/aromatic N) is 1. The van der Waals surface area contributed by atoms with Crippen LogP contribution >= 0.6 is 23.2 Å². The lowest BCUT2D eigenvalue weighted by atomic mass is 10.2. The number of nitrogens with one attached hydrogen (secondary N) is 1. The van der Waals surface area contributed by atoms with E-state index in [1.54, 1.807) is 18.2 Å². The molecule has 98 valence electrons. The lowest BCUT2D eigenvalue weighted by Crippen LogP contribution is -2.13. The first-order valence-electron chi connectivity index (χ1n) is 5.47. The number of halogens is 2. The zero-order chi connectivity index (χ0) is 14.0. The van der Waals surface area contributed by atoms with Gasteiger partial charge in [-0.15, -0.1) is 0 Å². The van der Waals surface area contributed by atoms with Crippen molar-refractivity contribution in [2.24, 2.45) is 0 Å². The first-order valence-corrected chi connectivity index (χ1v) is 6.22. The van der Waals surface area contributed by atoms with Crippen LogP contribution in [-0.4, -0.2) is 10.9 Å². The van der Waals surface area contributed by atoms with Crippen molar-refractivity contribution >= 4 is 40.6 Å². The SMILES string of the molecule is Cc1c(Cl)cccc1NC(=O)c1cc(N)nc(Cl)c1. The maximum absolute atomic E-state index is 12.1. The van der Waals surface area contributed by atoms with Crippen LogP contribution in [0.4, 0.5) is 11.5 Å². The van der Waals surface area contributed by atoms with Gasteiger partial charge in [0.05, 0.1) is 0 Å². The third kappa shape index (κ3) is 3.16. The molecule has 0 unspecified atom stereocenters. The summed E-state index contributed by atoms with van der Waals surface area (Å²) in [5.41, 5.74) is 7.33. The van der Waals surface area contributed by atoms with Crippen molar-refractivity contribution in [2.45, 2.75) is 6.92 Å². The molecule has 0 fully saturated rings. The molecule has 0 radical (unpaired) electrons. The van der Waals surface area contributed by atoms with Gasteiger partial charge < -0.3 is 11.1 Å². The van der Waals surface area contributed by atoms with E-state index >= 15 is 0 Å². The molecule has 0 bridgehead atoms. The Balaban J connectivity index is 2.28. The molecule has 1 amide bonds. The maximum atomic E-state index is 12.1. The number of amides is 1. The van der Waals surface area contributed by atoms with E-state index < -0.39 is 0 Å². The van der Waals surface area contributed by atoms with Crippen LogP contribution in [0.15, 0.2) is 30.3 Å². The summed E-state index contributed by atoms with van der Waals surface area (Å²) in [6.45, 7) is 1.83. The van der Waals surface area contributed by atoms with E-state index in [-0.39, 0.29) is 16.9 Å². The van der Waals surface area contributed by atoms with Crippen molar-refractivity contribution in [1.82, 2.24) is 4.98 Å². The van der Waals surface area contributed by atoms with E-state index in [1.165, 1.54) is 12.1 Å². The Labute approximate surface area is 120 Å². The highest BCUT2D eigenvalue weighted by molar-refractivity contribution is 6.32. The van der Waals surface area contributed by atoms with Crippen LogP contribution in [-0.2, 0) is 0 Å². The highest BCUT2D eigenvalue weighted by atomic mass is 35.5. The van der Waals surface area contributed by atoms with Gasteiger partial charge in [0.15, 0.2) is 0 Å². The van der Waals surface area contributed by atoms with Crippen LogP contribution < -0.4 is 11.1 Å². The number of aromatic nitrogens is 1. The second-order valence-electron chi connectivity index (χ2n) is 3.97. The number of anilines is 2. The Morgan fingerprint density at radius 3 is 2.74 bits per heavy atom. The fraction of sp³-hybridized carbons (Fsp3) is 0.0769.